The second-order valence-corrected chi connectivity index (χ2v) is 5.01. The lowest BCUT2D eigenvalue weighted by Gasteiger charge is -2.21. The number of carbonyl (C=O) groups excluding carboxylic acids is 2. The molecular weight excluding hydrogens is 241 g/mol. The summed E-state index contributed by atoms with van der Waals surface area (Å²) in [7, 11) is 0. The molecule has 0 saturated heterocycles. The lowest BCUT2D eigenvalue weighted by molar-refractivity contribution is -0.150. The van der Waals surface area contributed by atoms with Gasteiger partial charge >= 0.3 is 12.1 Å². The maximum Gasteiger partial charge on any atom is 0.407 e. The molecule has 18 heavy (non-hydrogen) atoms. The van der Waals surface area contributed by atoms with Crippen molar-refractivity contribution in [3.05, 3.63) is 0 Å². The molecule has 1 N–H and O–H groups in total. The summed E-state index contributed by atoms with van der Waals surface area (Å²) in [6.07, 6.45) is -2.38. The minimum atomic E-state index is -1.75. The van der Waals surface area contributed by atoms with Crippen molar-refractivity contribution in [3.8, 4) is 0 Å². The van der Waals surface area contributed by atoms with Gasteiger partial charge in [0.25, 0.3) is 0 Å². The summed E-state index contributed by atoms with van der Waals surface area (Å²) in [4.78, 5) is 22.4. The van der Waals surface area contributed by atoms with Crippen LogP contribution in [0.5, 0.6) is 0 Å². The Labute approximate surface area is 107 Å². The van der Waals surface area contributed by atoms with Gasteiger partial charge in [-0.15, -0.1) is 0 Å². The summed E-state index contributed by atoms with van der Waals surface area (Å²) in [6.45, 7) is 8.44. The van der Waals surface area contributed by atoms with Gasteiger partial charge in [0, 0.05) is 12.5 Å². The Morgan fingerprint density at radius 1 is 1.33 bits per heavy atom. The number of alkyl halides is 1. The highest BCUT2D eigenvalue weighted by atomic mass is 19.1. The maximum atomic E-state index is 13.5. The molecule has 0 aliphatic heterocycles. The van der Waals surface area contributed by atoms with Gasteiger partial charge in [-0.05, 0) is 27.7 Å². The molecule has 0 aromatic heterocycles. The van der Waals surface area contributed by atoms with Gasteiger partial charge in [-0.1, -0.05) is 6.92 Å². The fourth-order valence-corrected chi connectivity index (χ4v) is 1.12. The van der Waals surface area contributed by atoms with Crippen molar-refractivity contribution in [2.24, 2.45) is 5.92 Å². The van der Waals surface area contributed by atoms with E-state index in [0.717, 1.165) is 0 Å². The van der Waals surface area contributed by atoms with Gasteiger partial charge in [0.05, 0.1) is 6.61 Å². The van der Waals surface area contributed by atoms with Crippen LogP contribution in [0, 0.1) is 5.92 Å². The summed E-state index contributed by atoms with van der Waals surface area (Å²) in [6, 6.07) is 0. The first-order valence-corrected chi connectivity index (χ1v) is 5.95. The van der Waals surface area contributed by atoms with Gasteiger partial charge < -0.3 is 14.8 Å². The zero-order valence-electron chi connectivity index (χ0n) is 11.6. The van der Waals surface area contributed by atoms with Crippen LogP contribution in [0.2, 0.25) is 0 Å². The van der Waals surface area contributed by atoms with Crippen molar-refractivity contribution in [2.45, 2.75) is 46.4 Å². The van der Waals surface area contributed by atoms with E-state index in [9.17, 15) is 14.0 Å². The third kappa shape index (κ3) is 7.09. The molecule has 0 bridgehead atoms. The Morgan fingerprint density at radius 2 is 1.89 bits per heavy atom. The number of hydrogen-bond donors (Lipinski definition) is 1. The van der Waals surface area contributed by atoms with Crippen LogP contribution in [0.3, 0.4) is 0 Å². The molecule has 0 aromatic carbocycles. The van der Waals surface area contributed by atoms with Crippen LogP contribution in [0.15, 0.2) is 0 Å². The van der Waals surface area contributed by atoms with E-state index in [1.165, 1.54) is 6.92 Å². The molecule has 2 unspecified atom stereocenters. The van der Waals surface area contributed by atoms with Crippen LogP contribution in [0.25, 0.3) is 0 Å². The third-order valence-electron chi connectivity index (χ3n) is 1.98. The smallest absolute Gasteiger partial charge is 0.407 e. The first-order valence-electron chi connectivity index (χ1n) is 5.95. The predicted molar refractivity (Wildman–Crippen MR) is 64.9 cm³/mol. The largest absolute Gasteiger partial charge is 0.464 e. The highest BCUT2D eigenvalue weighted by Crippen LogP contribution is 2.10. The van der Waals surface area contributed by atoms with E-state index in [4.69, 9.17) is 4.74 Å². The SMILES string of the molecule is CCOC(=O)C(F)C(C)CNC(=O)OC(C)(C)C. The fraction of sp³-hybridized carbons (Fsp3) is 0.833. The predicted octanol–water partition coefficient (Wildman–Crippen LogP) is 2.05. The average molecular weight is 263 g/mol. The topological polar surface area (TPSA) is 64.6 Å². The zero-order chi connectivity index (χ0) is 14.3. The van der Waals surface area contributed by atoms with Crippen LogP contribution >= 0.6 is 0 Å². The number of hydrogen-bond acceptors (Lipinski definition) is 4. The van der Waals surface area contributed by atoms with Gasteiger partial charge in [-0.2, -0.15) is 0 Å². The number of nitrogens with one attached hydrogen (secondary N) is 1. The van der Waals surface area contributed by atoms with Crippen molar-refractivity contribution in [1.82, 2.24) is 5.32 Å². The Balaban J connectivity index is 4.06. The van der Waals surface area contributed by atoms with Crippen molar-refractivity contribution in [2.75, 3.05) is 13.2 Å². The molecule has 5 nitrogen and oxygen atoms in total. The van der Waals surface area contributed by atoms with E-state index >= 15 is 0 Å². The van der Waals surface area contributed by atoms with Crippen molar-refractivity contribution < 1.29 is 23.5 Å². The molecule has 0 aromatic rings. The molecule has 0 spiro atoms. The lowest BCUT2D eigenvalue weighted by Crippen LogP contribution is -2.38. The van der Waals surface area contributed by atoms with E-state index in [0.29, 0.717) is 0 Å². The van der Waals surface area contributed by atoms with Crippen molar-refractivity contribution in [3.63, 3.8) is 0 Å². The van der Waals surface area contributed by atoms with Gasteiger partial charge in [0.2, 0.25) is 6.17 Å². The number of ether oxygens (including phenoxy) is 2. The summed E-state index contributed by atoms with van der Waals surface area (Å²) >= 11 is 0. The van der Waals surface area contributed by atoms with Crippen LogP contribution in [-0.2, 0) is 14.3 Å². The lowest BCUT2D eigenvalue weighted by atomic mass is 10.1. The monoisotopic (exact) mass is 263 g/mol. The van der Waals surface area contributed by atoms with E-state index in [2.05, 4.69) is 10.1 Å². The molecule has 0 radical (unpaired) electrons. The Hall–Kier alpha value is -1.33. The van der Waals surface area contributed by atoms with E-state index < -0.39 is 29.8 Å². The van der Waals surface area contributed by atoms with Gasteiger partial charge in [0.15, 0.2) is 0 Å². The molecule has 0 aliphatic rings. The van der Waals surface area contributed by atoms with Crippen molar-refractivity contribution >= 4 is 12.1 Å². The standard InChI is InChI=1S/C12H22FNO4/c1-6-17-10(15)9(13)8(2)7-14-11(16)18-12(3,4)5/h8-9H,6-7H2,1-5H3,(H,14,16). The molecule has 106 valence electrons. The zero-order valence-corrected chi connectivity index (χ0v) is 11.6. The average Bonchev–Trinajstić information content (AvgIpc) is 2.22. The minimum absolute atomic E-state index is 0.00882. The quantitative estimate of drug-likeness (QED) is 0.771. The third-order valence-corrected chi connectivity index (χ3v) is 1.98. The van der Waals surface area contributed by atoms with Gasteiger partial charge in [-0.25, -0.2) is 14.0 Å². The van der Waals surface area contributed by atoms with Crippen LogP contribution in [-0.4, -0.2) is 37.0 Å². The Kier molecular flexibility index (Phi) is 6.65. The van der Waals surface area contributed by atoms with E-state index in [1.54, 1.807) is 27.7 Å². The summed E-state index contributed by atoms with van der Waals surface area (Å²) in [5.41, 5.74) is -0.608. The molecule has 0 saturated carbocycles. The highest BCUT2D eigenvalue weighted by Gasteiger charge is 2.26. The molecule has 0 rings (SSSR count). The summed E-state index contributed by atoms with van der Waals surface area (Å²) < 4.78 is 23.0. The highest BCUT2D eigenvalue weighted by molar-refractivity contribution is 5.75. The molecule has 2 atom stereocenters. The first-order chi connectivity index (χ1) is 8.17. The first kappa shape index (κ1) is 16.7. The van der Waals surface area contributed by atoms with Crippen LogP contribution < -0.4 is 5.32 Å². The Morgan fingerprint density at radius 3 is 2.33 bits per heavy atom. The van der Waals surface area contributed by atoms with E-state index in [-0.39, 0.29) is 13.2 Å². The minimum Gasteiger partial charge on any atom is -0.464 e. The number of rotatable bonds is 5. The number of carbonyl (C=O) groups is 2. The molecule has 0 heterocycles. The number of amides is 1. The number of alkyl carbamates (subject to hydrolysis) is 1. The molecule has 0 aliphatic carbocycles. The second-order valence-electron chi connectivity index (χ2n) is 5.01. The van der Waals surface area contributed by atoms with Crippen LogP contribution in [0.4, 0.5) is 9.18 Å². The van der Waals surface area contributed by atoms with Gasteiger partial charge in [-0.3, -0.25) is 0 Å². The molecular formula is C12H22FNO4. The molecule has 6 heteroatoms. The van der Waals surface area contributed by atoms with E-state index in [1.807, 2.05) is 0 Å². The molecule has 0 fully saturated rings. The van der Waals surface area contributed by atoms with Crippen molar-refractivity contribution in [1.29, 1.82) is 0 Å². The number of esters is 1. The summed E-state index contributed by atoms with van der Waals surface area (Å²) in [5, 5.41) is 2.41. The Bertz CT molecular complexity index is 288. The second kappa shape index (κ2) is 7.18. The number of halogens is 1. The van der Waals surface area contributed by atoms with Gasteiger partial charge in [0.1, 0.15) is 5.60 Å². The normalized spacial score (nSPS) is 14.6. The van der Waals surface area contributed by atoms with Crippen LogP contribution in [0.1, 0.15) is 34.6 Å². The summed E-state index contributed by atoms with van der Waals surface area (Å²) in [5.74, 6) is -1.58. The molecule has 1 amide bonds. The maximum absolute atomic E-state index is 13.5. The fourth-order valence-electron chi connectivity index (χ4n) is 1.12.